The van der Waals surface area contributed by atoms with Gasteiger partial charge in [-0.25, -0.2) is 0 Å². The Kier molecular flexibility index (Phi) is 3.98. The van der Waals surface area contributed by atoms with E-state index in [1.807, 2.05) is 0 Å². The minimum atomic E-state index is 0.650. The van der Waals surface area contributed by atoms with Gasteiger partial charge in [0, 0.05) is 0 Å². The molecule has 0 aromatic carbocycles. The summed E-state index contributed by atoms with van der Waals surface area (Å²) in [5.41, 5.74) is 1.04. The first-order chi connectivity index (χ1) is 7.83. The van der Waals surface area contributed by atoms with E-state index in [-0.39, 0.29) is 0 Å². The van der Waals surface area contributed by atoms with Crippen LogP contribution in [0.4, 0.5) is 0 Å². The lowest BCUT2D eigenvalue weighted by Gasteiger charge is -2.14. The van der Waals surface area contributed by atoms with E-state index in [4.69, 9.17) is 0 Å². The van der Waals surface area contributed by atoms with Crippen LogP contribution < -0.4 is 0 Å². The van der Waals surface area contributed by atoms with E-state index < -0.39 is 0 Å². The van der Waals surface area contributed by atoms with Crippen molar-refractivity contribution in [3.8, 4) is 0 Å². The molecule has 0 aromatic heterocycles. The van der Waals surface area contributed by atoms with Crippen LogP contribution in [-0.4, -0.2) is 6.29 Å². The number of hydrogen-bond acceptors (Lipinski definition) is 1. The topological polar surface area (TPSA) is 17.1 Å². The van der Waals surface area contributed by atoms with Crippen molar-refractivity contribution < 1.29 is 4.79 Å². The molecule has 0 saturated heterocycles. The van der Waals surface area contributed by atoms with Gasteiger partial charge < -0.3 is 0 Å². The number of rotatable bonds is 6. The zero-order valence-electron chi connectivity index (χ0n) is 10.2. The Morgan fingerprint density at radius 3 is 2.75 bits per heavy atom. The van der Waals surface area contributed by atoms with Crippen LogP contribution in [0.5, 0.6) is 0 Å². The highest BCUT2D eigenvalue weighted by molar-refractivity contribution is 5.73. The van der Waals surface area contributed by atoms with Crippen LogP contribution in [0, 0.1) is 17.8 Å². The van der Waals surface area contributed by atoms with Gasteiger partial charge in [-0.15, -0.1) is 0 Å². The standard InChI is InChI=1S/C15H22O/c1-2-3-4-5-13(11-16)10-15-9-12-6-7-14(15)8-12/h6-7,10-12,14-15H,2-5,8-9H2,1H3/b13-10+. The van der Waals surface area contributed by atoms with Crippen molar-refractivity contribution in [2.45, 2.75) is 45.4 Å². The molecule has 0 amide bonds. The van der Waals surface area contributed by atoms with Gasteiger partial charge in [-0.3, -0.25) is 4.79 Å². The summed E-state index contributed by atoms with van der Waals surface area (Å²) in [5, 5.41) is 0. The van der Waals surface area contributed by atoms with Crippen molar-refractivity contribution in [1.82, 2.24) is 0 Å². The summed E-state index contributed by atoms with van der Waals surface area (Å²) in [7, 11) is 0. The molecule has 0 heterocycles. The largest absolute Gasteiger partial charge is 0.298 e. The van der Waals surface area contributed by atoms with Crippen molar-refractivity contribution >= 4 is 6.29 Å². The van der Waals surface area contributed by atoms with Crippen LogP contribution in [0.25, 0.3) is 0 Å². The van der Waals surface area contributed by atoms with Gasteiger partial charge in [-0.05, 0) is 49.0 Å². The SMILES string of the molecule is CCCCC/C(C=O)=C\C1CC2C=CC1C2. The average molecular weight is 218 g/mol. The summed E-state index contributed by atoms with van der Waals surface area (Å²) in [6.07, 6.45) is 15.2. The lowest BCUT2D eigenvalue weighted by molar-refractivity contribution is -0.105. The molecule has 2 aliphatic carbocycles. The van der Waals surface area contributed by atoms with Gasteiger partial charge in [0.25, 0.3) is 0 Å². The Morgan fingerprint density at radius 1 is 1.31 bits per heavy atom. The van der Waals surface area contributed by atoms with E-state index in [9.17, 15) is 4.79 Å². The second-order valence-corrected chi connectivity index (χ2v) is 5.26. The fraction of sp³-hybridized carbons (Fsp3) is 0.667. The van der Waals surface area contributed by atoms with Gasteiger partial charge in [-0.1, -0.05) is 38.0 Å². The molecule has 3 unspecified atom stereocenters. The van der Waals surface area contributed by atoms with Gasteiger partial charge in [0.15, 0.2) is 0 Å². The molecular formula is C15H22O. The Bertz CT molecular complexity index is 301. The third kappa shape index (κ3) is 2.63. The molecule has 1 fully saturated rings. The third-order valence-corrected chi connectivity index (χ3v) is 3.98. The fourth-order valence-corrected chi connectivity index (χ4v) is 3.05. The normalized spacial score (nSPS) is 32.3. The van der Waals surface area contributed by atoms with Crippen LogP contribution in [-0.2, 0) is 4.79 Å². The van der Waals surface area contributed by atoms with Gasteiger partial charge >= 0.3 is 0 Å². The number of allylic oxidation sites excluding steroid dienone is 4. The van der Waals surface area contributed by atoms with E-state index in [0.717, 1.165) is 36.5 Å². The van der Waals surface area contributed by atoms with E-state index in [2.05, 4.69) is 25.2 Å². The zero-order valence-corrected chi connectivity index (χ0v) is 10.2. The van der Waals surface area contributed by atoms with Crippen LogP contribution >= 0.6 is 0 Å². The predicted molar refractivity (Wildman–Crippen MR) is 67.1 cm³/mol. The number of aldehydes is 1. The second-order valence-electron chi connectivity index (χ2n) is 5.26. The highest BCUT2D eigenvalue weighted by atomic mass is 16.1. The molecule has 3 atom stereocenters. The molecule has 2 rings (SSSR count). The number of hydrogen-bond donors (Lipinski definition) is 0. The number of fused-ring (bicyclic) bond motifs is 2. The summed E-state index contributed by atoms with van der Waals surface area (Å²) < 4.78 is 0. The number of carbonyl (C=O) groups excluding carboxylic acids is 1. The molecule has 0 spiro atoms. The van der Waals surface area contributed by atoms with Crippen LogP contribution in [0.15, 0.2) is 23.8 Å². The van der Waals surface area contributed by atoms with E-state index >= 15 is 0 Å². The van der Waals surface area contributed by atoms with Gasteiger partial charge in [0.2, 0.25) is 0 Å². The Balaban J connectivity index is 1.88. The molecule has 0 aromatic rings. The van der Waals surface area contributed by atoms with Crippen LogP contribution in [0.3, 0.4) is 0 Å². The molecule has 0 aliphatic heterocycles. The van der Waals surface area contributed by atoms with Crippen LogP contribution in [0.2, 0.25) is 0 Å². The molecular weight excluding hydrogens is 196 g/mol. The average Bonchev–Trinajstić information content (AvgIpc) is 2.89. The van der Waals surface area contributed by atoms with Crippen molar-refractivity contribution in [2.24, 2.45) is 17.8 Å². The number of unbranched alkanes of at least 4 members (excludes halogenated alkanes) is 2. The quantitative estimate of drug-likeness (QED) is 0.286. The maximum Gasteiger partial charge on any atom is 0.145 e. The predicted octanol–water partition coefficient (Wildman–Crippen LogP) is 3.90. The van der Waals surface area contributed by atoms with Crippen molar-refractivity contribution in [3.05, 3.63) is 23.8 Å². The third-order valence-electron chi connectivity index (χ3n) is 3.98. The Labute approximate surface area is 98.6 Å². The van der Waals surface area contributed by atoms with Gasteiger partial charge in [-0.2, -0.15) is 0 Å². The van der Waals surface area contributed by atoms with Gasteiger partial charge in [0.05, 0.1) is 0 Å². The minimum Gasteiger partial charge on any atom is -0.298 e. The number of carbonyl (C=O) groups is 1. The van der Waals surface area contributed by atoms with Gasteiger partial charge in [0.1, 0.15) is 6.29 Å². The molecule has 1 heteroatoms. The highest BCUT2D eigenvalue weighted by Gasteiger charge is 2.34. The first kappa shape index (κ1) is 11.6. The maximum absolute atomic E-state index is 11.0. The highest BCUT2D eigenvalue weighted by Crippen LogP contribution is 2.44. The summed E-state index contributed by atoms with van der Waals surface area (Å²) in [5.74, 6) is 2.18. The van der Waals surface area contributed by atoms with E-state index in [0.29, 0.717) is 5.92 Å². The second kappa shape index (κ2) is 5.47. The first-order valence-electron chi connectivity index (χ1n) is 6.67. The molecule has 0 N–H and O–H groups in total. The molecule has 1 nitrogen and oxygen atoms in total. The molecule has 16 heavy (non-hydrogen) atoms. The molecule has 2 bridgehead atoms. The summed E-state index contributed by atoms with van der Waals surface area (Å²) in [6, 6.07) is 0. The minimum absolute atomic E-state index is 0.650. The molecule has 0 radical (unpaired) electrons. The summed E-state index contributed by atoms with van der Waals surface area (Å²) >= 11 is 0. The maximum atomic E-state index is 11.0. The van der Waals surface area contributed by atoms with E-state index in [1.54, 1.807) is 0 Å². The summed E-state index contributed by atoms with van der Waals surface area (Å²) in [6.45, 7) is 2.20. The Hall–Kier alpha value is -0.850. The Morgan fingerprint density at radius 2 is 2.19 bits per heavy atom. The lowest BCUT2D eigenvalue weighted by atomic mass is 9.91. The van der Waals surface area contributed by atoms with Crippen molar-refractivity contribution in [2.75, 3.05) is 0 Å². The zero-order chi connectivity index (χ0) is 11.4. The van der Waals surface area contributed by atoms with Crippen molar-refractivity contribution in [1.29, 1.82) is 0 Å². The lowest BCUT2D eigenvalue weighted by Crippen LogP contribution is -2.05. The molecule has 88 valence electrons. The molecule has 2 aliphatic rings. The van der Waals surface area contributed by atoms with E-state index in [1.165, 1.54) is 25.7 Å². The van der Waals surface area contributed by atoms with Crippen molar-refractivity contribution in [3.63, 3.8) is 0 Å². The first-order valence-corrected chi connectivity index (χ1v) is 6.67. The molecule has 1 saturated carbocycles. The monoisotopic (exact) mass is 218 g/mol. The summed E-state index contributed by atoms with van der Waals surface area (Å²) in [4.78, 5) is 11.0. The smallest absolute Gasteiger partial charge is 0.145 e. The fourth-order valence-electron chi connectivity index (χ4n) is 3.05. The van der Waals surface area contributed by atoms with Crippen LogP contribution in [0.1, 0.15) is 45.4 Å².